The van der Waals surface area contributed by atoms with Gasteiger partial charge in [0.15, 0.2) is 11.6 Å². The van der Waals surface area contributed by atoms with E-state index in [1.54, 1.807) is 10.6 Å². The van der Waals surface area contributed by atoms with Gasteiger partial charge >= 0.3 is 0 Å². The Kier molecular flexibility index (Phi) is 3.86. The molecule has 0 saturated heterocycles. The molecule has 132 valence electrons. The first kappa shape index (κ1) is 16.4. The molecule has 8 nitrogen and oxygen atoms in total. The largest absolute Gasteiger partial charge is 0.483 e. The Hall–Kier alpha value is -4.06. The van der Waals surface area contributed by atoms with Crippen molar-refractivity contribution < 1.29 is 14.1 Å². The van der Waals surface area contributed by atoms with E-state index in [1.165, 1.54) is 42.5 Å². The third-order valence-corrected chi connectivity index (χ3v) is 4.02. The summed E-state index contributed by atoms with van der Waals surface area (Å²) in [4.78, 5) is 10.6. The van der Waals surface area contributed by atoms with Crippen molar-refractivity contribution >= 4 is 17.3 Å². The van der Waals surface area contributed by atoms with Crippen LogP contribution in [-0.2, 0) is 6.61 Å². The van der Waals surface area contributed by atoms with Crippen LogP contribution >= 0.6 is 0 Å². The summed E-state index contributed by atoms with van der Waals surface area (Å²) in [6.45, 7) is 0.118. The minimum absolute atomic E-state index is 0.118. The summed E-state index contributed by atoms with van der Waals surface area (Å²) in [6.07, 6.45) is 1.54. The summed E-state index contributed by atoms with van der Waals surface area (Å²) in [7, 11) is 0. The second-order valence-electron chi connectivity index (χ2n) is 5.69. The predicted molar refractivity (Wildman–Crippen MR) is 92.2 cm³/mol. The van der Waals surface area contributed by atoms with Gasteiger partial charge in [-0.15, -0.1) is 10.2 Å². The lowest BCUT2D eigenvalue weighted by Gasteiger charge is -2.19. The molecule has 0 N–H and O–H groups in total. The maximum atomic E-state index is 13.1. The lowest BCUT2D eigenvalue weighted by molar-refractivity contribution is -0.384. The van der Waals surface area contributed by atoms with Gasteiger partial charge in [0.1, 0.15) is 24.2 Å². The first-order valence-corrected chi connectivity index (χ1v) is 7.80. The van der Waals surface area contributed by atoms with Crippen LogP contribution in [0, 0.1) is 27.3 Å². The van der Waals surface area contributed by atoms with Crippen LogP contribution in [0.1, 0.15) is 17.2 Å². The Labute approximate surface area is 151 Å². The van der Waals surface area contributed by atoms with Crippen LogP contribution in [0.4, 0.5) is 10.1 Å². The Balaban J connectivity index is 1.86. The molecule has 2 heterocycles. The van der Waals surface area contributed by atoms with E-state index in [4.69, 9.17) is 4.74 Å². The topological polar surface area (TPSA) is 107 Å². The number of ether oxygens (including phenoxy) is 1. The van der Waals surface area contributed by atoms with Crippen LogP contribution in [0.15, 0.2) is 42.5 Å². The van der Waals surface area contributed by atoms with E-state index in [9.17, 15) is 19.8 Å². The molecule has 0 fully saturated rings. The first-order chi connectivity index (χ1) is 13.1. The first-order valence-electron chi connectivity index (χ1n) is 7.80. The van der Waals surface area contributed by atoms with Crippen molar-refractivity contribution in [3.63, 3.8) is 0 Å². The van der Waals surface area contributed by atoms with E-state index < -0.39 is 4.92 Å². The van der Waals surface area contributed by atoms with Gasteiger partial charge in [-0.05, 0) is 29.8 Å². The number of nitrogens with zero attached hydrogens (tertiary/aromatic N) is 5. The molecule has 4 rings (SSSR count). The molecule has 9 heteroatoms. The second kappa shape index (κ2) is 6.34. The number of hydrogen-bond donors (Lipinski definition) is 0. The van der Waals surface area contributed by atoms with Gasteiger partial charge < -0.3 is 4.74 Å². The lowest BCUT2D eigenvalue weighted by atomic mass is 10.1. The zero-order valence-corrected chi connectivity index (χ0v) is 13.7. The molecular formula is C18H10FN5O3. The Morgan fingerprint density at radius 2 is 2.07 bits per heavy atom. The van der Waals surface area contributed by atoms with Crippen molar-refractivity contribution in [2.45, 2.75) is 6.61 Å². The van der Waals surface area contributed by atoms with Crippen molar-refractivity contribution in [1.82, 2.24) is 14.8 Å². The van der Waals surface area contributed by atoms with Gasteiger partial charge in [0.25, 0.3) is 5.69 Å². The SMILES string of the molecule is N#CC(=Cc1ccc(F)cc1)c1nnc2n1-c1cc([N+](=O)[O-])ccc1OC2. The molecule has 1 aromatic heterocycles. The third kappa shape index (κ3) is 2.89. The highest BCUT2D eigenvalue weighted by Crippen LogP contribution is 2.34. The van der Waals surface area contributed by atoms with Gasteiger partial charge in [-0.3, -0.25) is 14.7 Å². The Morgan fingerprint density at radius 3 is 2.78 bits per heavy atom. The monoisotopic (exact) mass is 363 g/mol. The van der Waals surface area contributed by atoms with Crippen LogP contribution in [0.3, 0.4) is 0 Å². The molecule has 3 aromatic rings. The molecule has 0 aliphatic carbocycles. The molecule has 0 bridgehead atoms. The van der Waals surface area contributed by atoms with E-state index in [0.29, 0.717) is 22.8 Å². The number of allylic oxidation sites excluding steroid dienone is 1. The average Bonchev–Trinajstić information content (AvgIpc) is 3.11. The number of halogens is 1. The van der Waals surface area contributed by atoms with Crippen LogP contribution in [0.25, 0.3) is 17.3 Å². The van der Waals surface area contributed by atoms with Crippen molar-refractivity contribution in [3.8, 4) is 17.5 Å². The number of aromatic nitrogens is 3. The molecule has 0 atom stereocenters. The molecule has 27 heavy (non-hydrogen) atoms. The molecule has 0 unspecified atom stereocenters. The normalized spacial score (nSPS) is 12.5. The number of non-ortho nitro benzene ring substituents is 1. The van der Waals surface area contributed by atoms with Crippen LogP contribution in [0.5, 0.6) is 5.75 Å². The van der Waals surface area contributed by atoms with E-state index in [1.807, 2.05) is 0 Å². The Bertz CT molecular complexity index is 1130. The van der Waals surface area contributed by atoms with Crippen molar-refractivity contribution in [1.29, 1.82) is 5.26 Å². The summed E-state index contributed by atoms with van der Waals surface area (Å²) in [5, 5.41) is 28.8. The van der Waals surface area contributed by atoms with Crippen LogP contribution in [-0.4, -0.2) is 19.7 Å². The summed E-state index contributed by atoms with van der Waals surface area (Å²) >= 11 is 0. The summed E-state index contributed by atoms with van der Waals surface area (Å²) < 4.78 is 20.2. The molecule has 1 aliphatic heterocycles. The molecule has 0 saturated carbocycles. The third-order valence-electron chi connectivity index (χ3n) is 4.02. The second-order valence-corrected chi connectivity index (χ2v) is 5.69. The smallest absolute Gasteiger partial charge is 0.271 e. The number of hydrogen-bond acceptors (Lipinski definition) is 6. The quantitative estimate of drug-likeness (QED) is 0.401. The van der Waals surface area contributed by atoms with Crippen molar-refractivity contribution in [2.24, 2.45) is 0 Å². The average molecular weight is 363 g/mol. The predicted octanol–water partition coefficient (Wildman–Crippen LogP) is 3.27. The van der Waals surface area contributed by atoms with Gasteiger partial charge in [0, 0.05) is 12.1 Å². The van der Waals surface area contributed by atoms with Gasteiger partial charge in [-0.1, -0.05) is 12.1 Å². The molecule has 0 radical (unpaired) electrons. The fourth-order valence-electron chi connectivity index (χ4n) is 2.77. The van der Waals surface area contributed by atoms with Crippen molar-refractivity contribution in [3.05, 3.63) is 75.6 Å². The van der Waals surface area contributed by atoms with Crippen LogP contribution < -0.4 is 4.74 Å². The fraction of sp³-hybridized carbons (Fsp3) is 0.0556. The number of nitro benzene ring substituents is 1. The number of fused-ring (bicyclic) bond motifs is 3. The number of nitriles is 1. The maximum absolute atomic E-state index is 13.1. The van der Waals surface area contributed by atoms with E-state index >= 15 is 0 Å². The standard InChI is InChI=1S/C18H10FN5O3/c19-13-3-1-11(2-4-13)7-12(9-20)18-22-21-17-10-27-16-6-5-14(24(25)26)8-15(16)23(17)18/h1-8H,10H2. The number of rotatable bonds is 3. The van der Waals surface area contributed by atoms with Crippen LogP contribution in [0.2, 0.25) is 0 Å². The zero-order chi connectivity index (χ0) is 19.0. The van der Waals surface area contributed by atoms with Gasteiger partial charge in [0.2, 0.25) is 0 Å². The minimum Gasteiger partial charge on any atom is -0.483 e. The molecule has 2 aromatic carbocycles. The van der Waals surface area contributed by atoms with Gasteiger partial charge in [-0.2, -0.15) is 5.26 Å². The van der Waals surface area contributed by atoms with Crippen molar-refractivity contribution in [2.75, 3.05) is 0 Å². The highest BCUT2D eigenvalue weighted by atomic mass is 19.1. The molecule has 0 spiro atoms. The highest BCUT2D eigenvalue weighted by Gasteiger charge is 2.26. The van der Waals surface area contributed by atoms with E-state index in [-0.39, 0.29) is 29.5 Å². The molecule has 1 aliphatic rings. The highest BCUT2D eigenvalue weighted by molar-refractivity contribution is 5.87. The fourth-order valence-corrected chi connectivity index (χ4v) is 2.77. The minimum atomic E-state index is -0.516. The van der Waals surface area contributed by atoms with Gasteiger partial charge in [-0.25, -0.2) is 4.39 Å². The number of nitro groups is 1. The van der Waals surface area contributed by atoms with Gasteiger partial charge in [0.05, 0.1) is 16.2 Å². The zero-order valence-electron chi connectivity index (χ0n) is 13.7. The summed E-state index contributed by atoms with van der Waals surface area (Å²) in [5.41, 5.74) is 1.05. The van der Waals surface area contributed by atoms with E-state index in [2.05, 4.69) is 16.3 Å². The maximum Gasteiger partial charge on any atom is 0.271 e. The molecular weight excluding hydrogens is 353 g/mol. The lowest BCUT2D eigenvalue weighted by Crippen LogP contribution is -2.15. The summed E-state index contributed by atoms with van der Waals surface area (Å²) in [5.74, 6) is 0.678. The summed E-state index contributed by atoms with van der Waals surface area (Å²) in [6, 6.07) is 11.9. The number of benzene rings is 2. The van der Waals surface area contributed by atoms with E-state index in [0.717, 1.165) is 0 Å². The molecule has 0 amide bonds. The Morgan fingerprint density at radius 1 is 1.30 bits per heavy atom.